The average molecular weight is 498 g/mol. The first-order chi connectivity index (χ1) is 12.8. The van der Waals surface area contributed by atoms with Crippen molar-refractivity contribution < 1.29 is 14.5 Å². The third-order valence-corrected chi connectivity index (χ3v) is 4.84. The Morgan fingerprint density at radius 2 is 1.85 bits per heavy atom. The molecule has 2 N–H and O–H groups in total. The van der Waals surface area contributed by atoms with Crippen molar-refractivity contribution in [2.24, 2.45) is 11.0 Å². The van der Waals surface area contributed by atoms with E-state index in [1.54, 1.807) is 30.3 Å². The molecule has 0 aliphatic carbocycles. The molecule has 1 atom stereocenters. The van der Waals surface area contributed by atoms with E-state index in [-0.39, 0.29) is 5.69 Å². The van der Waals surface area contributed by atoms with E-state index in [0.29, 0.717) is 20.2 Å². The Kier molecular flexibility index (Phi) is 7.19. The monoisotopic (exact) mass is 496 g/mol. The summed E-state index contributed by atoms with van der Waals surface area (Å²) >= 11 is 6.40. The van der Waals surface area contributed by atoms with E-state index in [1.165, 1.54) is 25.3 Å². The van der Waals surface area contributed by atoms with Gasteiger partial charge in [-0.25, -0.2) is 5.43 Å². The summed E-state index contributed by atoms with van der Waals surface area (Å²) in [5, 5.41) is 17.3. The minimum absolute atomic E-state index is 0.119. The van der Waals surface area contributed by atoms with E-state index in [9.17, 15) is 19.7 Å². The minimum Gasteiger partial charge on any atom is -0.324 e. The number of nitro groups is 1. The number of halogens is 2. The SMILES string of the molecule is CC(C(=O)NN=Cc1ccc(Br)c([N+](=O)[O-])c1)C(=O)Nc1ccccc1Br. The zero-order chi connectivity index (χ0) is 20.0. The first-order valence-corrected chi connectivity index (χ1v) is 9.20. The number of rotatable bonds is 6. The molecule has 8 nitrogen and oxygen atoms in total. The quantitative estimate of drug-likeness (QED) is 0.273. The molecule has 0 saturated carbocycles. The van der Waals surface area contributed by atoms with Crippen LogP contribution in [0.2, 0.25) is 0 Å². The van der Waals surface area contributed by atoms with Crippen molar-refractivity contribution in [1.29, 1.82) is 0 Å². The highest BCUT2D eigenvalue weighted by Gasteiger charge is 2.21. The Balaban J connectivity index is 1.97. The molecule has 2 rings (SSSR count). The minimum atomic E-state index is -0.992. The van der Waals surface area contributed by atoms with Crippen molar-refractivity contribution in [3.63, 3.8) is 0 Å². The van der Waals surface area contributed by atoms with Crippen molar-refractivity contribution >= 4 is 61.3 Å². The van der Waals surface area contributed by atoms with Gasteiger partial charge in [-0.2, -0.15) is 5.10 Å². The molecule has 10 heteroatoms. The lowest BCUT2D eigenvalue weighted by molar-refractivity contribution is -0.385. The third-order valence-electron chi connectivity index (χ3n) is 3.47. The molecule has 0 aromatic heterocycles. The number of hydrazone groups is 1. The van der Waals surface area contributed by atoms with Crippen LogP contribution in [0, 0.1) is 16.0 Å². The van der Waals surface area contributed by atoms with Gasteiger partial charge in [0.15, 0.2) is 0 Å². The molecule has 2 amide bonds. The number of para-hydroxylation sites is 1. The van der Waals surface area contributed by atoms with Gasteiger partial charge < -0.3 is 5.32 Å². The van der Waals surface area contributed by atoms with Crippen molar-refractivity contribution in [2.45, 2.75) is 6.92 Å². The van der Waals surface area contributed by atoms with Crippen molar-refractivity contribution in [1.82, 2.24) is 5.43 Å². The van der Waals surface area contributed by atoms with Crippen LogP contribution in [0.3, 0.4) is 0 Å². The van der Waals surface area contributed by atoms with Crippen LogP contribution in [0.5, 0.6) is 0 Å². The van der Waals surface area contributed by atoms with Crippen molar-refractivity contribution in [3.8, 4) is 0 Å². The number of nitrogens with one attached hydrogen (secondary N) is 2. The molecule has 0 heterocycles. The molecule has 0 spiro atoms. The molecular weight excluding hydrogens is 484 g/mol. The number of carbonyl (C=O) groups is 2. The zero-order valence-corrected chi connectivity index (χ0v) is 17.2. The van der Waals surface area contributed by atoms with Gasteiger partial charge in [0, 0.05) is 16.1 Å². The van der Waals surface area contributed by atoms with Crippen LogP contribution in [0.15, 0.2) is 56.5 Å². The maximum absolute atomic E-state index is 12.2. The first-order valence-electron chi connectivity index (χ1n) is 7.62. The van der Waals surface area contributed by atoms with Crippen LogP contribution in [0.1, 0.15) is 12.5 Å². The Hall–Kier alpha value is -2.59. The van der Waals surface area contributed by atoms with E-state index in [2.05, 4.69) is 47.7 Å². The Bertz CT molecular complexity index is 918. The number of hydrogen-bond donors (Lipinski definition) is 2. The summed E-state index contributed by atoms with van der Waals surface area (Å²) in [7, 11) is 0. The molecule has 0 saturated heterocycles. The maximum atomic E-state index is 12.2. The fourth-order valence-electron chi connectivity index (χ4n) is 1.94. The molecular formula is C17H14Br2N4O4. The van der Waals surface area contributed by atoms with Gasteiger partial charge in [-0.1, -0.05) is 18.2 Å². The van der Waals surface area contributed by atoms with Crippen LogP contribution in [0.25, 0.3) is 0 Å². The van der Waals surface area contributed by atoms with Crippen molar-refractivity contribution in [3.05, 3.63) is 67.1 Å². The second-order valence-electron chi connectivity index (χ2n) is 5.39. The van der Waals surface area contributed by atoms with Gasteiger partial charge >= 0.3 is 0 Å². The molecule has 2 aromatic carbocycles. The van der Waals surface area contributed by atoms with Crippen molar-refractivity contribution in [2.75, 3.05) is 5.32 Å². The van der Waals surface area contributed by atoms with Gasteiger partial charge in [-0.3, -0.25) is 19.7 Å². The number of benzene rings is 2. The van der Waals surface area contributed by atoms with Crippen LogP contribution < -0.4 is 10.7 Å². The Morgan fingerprint density at radius 1 is 1.15 bits per heavy atom. The molecule has 0 aliphatic heterocycles. The normalized spacial score (nSPS) is 11.8. The first kappa shape index (κ1) is 20.7. The van der Waals surface area contributed by atoms with Gasteiger partial charge in [0.25, 0.3) is 11.6 Å². The van der Waals surface area contributed by atoms with Crippen LogP contribution >= 0.6 is 31.9 Å². The summed E-state index contributed by atoms with van der Waals surface area (Å²) in [4.78, 5) is 34.6. The molecule has 0 fully saturated rings. The van der Waals surface area contributed by atoms with Gasteiger partial charge in [0.2, 0.25) is 5.91 Å². The van der Waals surface area contributed by atoms with Crippen LogP contribution in [0.4, 0.5) is 11.4 Å². The molecule has 2 aromatic rings. The molecule has 0 aliphatic rings. The number of amides is 2. The largest absolute Gasteiger partial charge is 0.324 e. The number of carbonyl (C=O) groups excluding carboxylic acids is 2. The second kappa shape index (κ2) is 9.38. The highest BCUT2D eigenvalue weighted by molar-refractivity contribution is 9.11. The third kappa shape index (κ3) is 5.69. The topological polar surface area (TPSA) is 114 Å². The lowest BCUT2D eigenvalue weighted by Crippen LogP contribution is -2.34. The highest BCUT2D eigenvalue weighted by atomic mass is 79.9. The number of nitro benzene ring substituents is 1. The summed E-state index contributed by atoms with van der Waals surface area (Å²) in [5.41, 5.74) is 3.11. The van der Waals surface area contributed by atoms with E-state index >= 15 is 0 Å². The van der Waals surface area contributed by atoms with Gasteiger partial charge in [0.05, 0.1) is 21.3 Å². The Morgan fingerprint density at radius 3 is 2.52 bits per heavy atom. The number of anilines is 1. The summed E-state index contributed by atoms with van der Waals surface area (Å²) < 4.78 is 1.03. The average Bonchev–Trinajstić information content (AvgIpc) is 2.63. The fraction of sp³-hybridized carbons (Fsp3) is 0.118. The maximum Gasteiger partial charge on any atom is 0.284 e. The smallest absolute Gasteiger partial charge is 0.284 e. The second-order valence-corrected chi connectivity index (χ2v) is 7.10. The lowest BCUT2D eigenvalue weighted by Gasteiger charge is -2.11. The summed E-state index contributed by atoms with van der Waals surface area (Å²) in [5.74, 6) is -2.09. The van der Waals surface area contributed by atoms with Crippen LogP contribution in [-0.2, 0) is 9.59 Å². The number of hydrogen-bond acceptors (Lipinski definition) is 5. The van der Waals surface area contributed by atoms with Gasteiger partial charge in [-0.15, -0.1) is 0 Å². The predicted molar refractivity (Wildman–Crippen MR) is 108 cm³/mol. The summed E-state index contributed by atoms with van der Waals surface area (Å²) in [6, 6.07) is 11.4. The van der Waals surface area contributed by atoms with E-state index < -0.39 is 22.7 Å². The highest BCUT2D eigenvalue weighted by Crippen LogP contribution is 2.25. The van der Waals surface area contributed by atoms with Gasteiger partial charge in [-0.05, 0) is 57.0 Å². The summed E-state index contributed by atoms with van der Waals surface area (Å²) in [6.07, 6.45) is 1.26. The standard InChI is InChI=1S/C17H14Br2N4O4/c1-10(16(24)21-14-5-3-2-4-12(14)18)17(25)22-20-9-11-6-7-13(19)15(8-11)23(26)27/h2-10H,1H3,(H,21,24)(H,22,25). The number of nitrogens with zero attached hydrogens (tertiary/aromatic N) is 2. The Labute approximate surface area is 171 Å². The van der Waals surface area contributed by atoms with E-state index in [4.69, 9.17) is 0 Å². The molecule has 27 heavy (non-hydrogen) atoms. The molecule has 1 unspecified atom stereocenters. The molecule has 0 bridgehead atoms. The van der Waals surface area contributed by atoms with E-state index in [0.717, 1.165) is 0 Å². The molecule has 0 radical (unpaired) electrons. The lowest BCUT2D eigenvalue weighted by atomic mass is 10.1. The van der Waals surface area contributed by atoms with Crippen LogP contribution in [-0.4, -0.2) is 23.0 Å². The zero-order valence-electron chi connectivity index (χ0n) is 14.0. The van der Waals surface area contributed by atoms with E-state index in [1.807, 2.05) is 0 Å². The predicted octanol–water partition coefficient (Wildman–Crippen LogP) is 3.84. The van der Waals surface area contributed by atoms with Gasteiger partial charge in [0.1, 0.15) is 5.92 Å². The molecule has 140 valence electrons. The summed E-state index contributed by atoms with van der Waals surface area (Å²) in [6.45, 7) is 1.45. The fourth-order valence-corrected chi connectivity index (χ4v) is 2.72.